The van der Waals surface area contributed by atoms with E-state index in [-0.39, 0.29) is 6.03 Å². The number of aryl methyl sites for hydroxylation is 2. The Morgan fingerprint density at radius 1 is 1.28 bits per heavy atom. The molecule has 4 rings (SSSR count). The molecule has 0 fully saturated rings. The second-order valence-corrected chi connectivity index (χ2v) is 7.45. The van der Waals surface area contributed by atoms with Crippen molar-refractivity contribution in [2.75, 3.05) is 5.32 Å². The van der Waals surface area contributed by atoms with E-state index < -0.39 is 0 Å². The van der Waals surface area contributed by atoms with Gasteiger partial charge < -0.3 is 15.2 Å². The van der Waals surface area contributed by atoms with Gasteiger partial charge in [0.2, 0.25) is 0 Å². The lowest BCUT2D eigenvalue weighted by Gasteiger charge is -2.09. The Bertz CT molecular complexity index is 915. The van der Waals surface area contributed by atoms with Crippen LogP contribution in [0, 0.1) is 6.92 Å². The number of rotatable bonds is 3. The minimum Gasteiger partial charge on any atom is -0.331 e. The Balaban J connectivity index is 1.39. The van der Waals surface area contributed by atoms with E-state index in [4.69, 9.17) is 0 Å². The van der Waals surface area contributed by atoms with Crippen molar-refractivity contribution in [2.24, 2.45) is 0 Å². The van der Waals surface area contributed by atoms with Crippen molar-refractivity contribution in [3.8, 4) is 0 Å². The van der Waals surface area contributed by atoms with Crippen LogP contribution in [0.1, 0.15) is 35.9 Å². The second-order valence-electron chi connectivity index (χ2n) is 6.22. The number of hydrogen-bond donors (Lipinski definition) is 2. The van der Waals surface area contributed by atoms with Crippen molar-refractivity contribution in [1.29, 1.82) is 0 Å². The summed E-state index contributed by atoms with van der Waals surface area (Å²) in [6.45, 7) is 3.29. The third kappa shape index (κ3) is 3.48. The van der Waals surface area contributed by atoms with Gasteiger partial charge in [-0.25, -0.2) is 9.78 Å². The van der Waals surface area contributed by atoms with E-state index in [1.807, 2.05) is 25.1 Å². The zero-order valence-corrected chi connectivity index (χ0v) is 14.9. The predicted octanol–water partition coefficient (Wildman–Crippen LogP) is 3.24. The molecule has 0 atom stereocenters. The monoisotopic (exact) mass is 356 g/mol. The molecule has 3 aromatic rings. The van der Waals surface area contributed by atoms with E-state index in [2.05, 4.69) is 30.4 Å². The van der Waals surface area contributed by atoms with Gasteiger partial charge in [0.1, 0.15) is 5.82 Å². The fourth-order valence-corrected chi connectivity index (χ4v) is 3.99. The molecule has 25 heavy (non-hydrogen) atoms. The highest BCUT2D eigenvalue weighted by atomic mass is 32.1. The Kier molecular flexibility index (Phi) is 4.35. The maximum absolute atomic E-state index is 12.2. The van der Waals surface area contributed by atoms with E-state index in [9.17, 15) is 4.79 Å². The summed E-state index contributed by atoms with van der Waals surface area (Å²) in [5.41, 5.74) is 1.72. The molecular weight excluding hydrogens is 336 g/mol. The van der Waals surface area contributed by atoms with Gasteiger partial charge >= 0.3 is 6.03 Å². The van der Waals surface area contributed by atoms with Crippen LogP contribution < -0.4 is 10.6 Å². The first-order valence-electron chi connectivity index (χ1n) is 8.52. The topological polar surface area (TPSA) is 84.7 Å². The van der Waals surface area contributed by atoms with Crippen molar-refractivity contribution in [3.05, 3.63) is 34.9 Å². The zero-order chi connectivity index (χ0) is 17.2. The molecule has 0 unspecified atom stereocenters. The molecule has 2 N–H and O–H groups in total. The summed E-state index contributed by atoms with van der Waals surface area (Å²) in [5, 5.41) is 15.2. The fraction of sp³-hybridized carbons (Fsp3) is 0.412. The molecule has 2 amide bonds. The van der Waals surface area contributed by atoms with Crippen molar-refractivity contribution >= 4 is 33.3 Å². The number of aromatic nitrogens is 4. The Labute approximate surface area is 149 Å². The number of fused-ring (bicyclic) bond motifs is 2. The van der Waals surface area contributed by atoms with E-state index in [1.54, 1.807) is 11.3 Å². The SMILES string of the molecule is Cc1nc2ccc(NC(=O)NCc3nnc4n3CCCCC4)cc2s1. The molecule has 130 valence electrons. The van der Waals surface area contributed by atoms with Gasteiger partial charge in [-0.3, -0.25) is 0 Å². The summed E-state index contributed by atoms with van der Waals surface area (Å²) in [7, 11) is 0. The van der Waals surface area contributed by atoms with Crippen LogP contribution >= 0.6 is 11.3 Å². The predicted molar refractivity (Wildman–Crippen MR) is 97.8 cm³/mol. The quantitative estimate of drug-likeness (QED) is 0.754. The highest BCUT2D eigenvalue weighted by Gasteiger charge is 2.15. The maximum atomic E-state index is 12.2. The molecule has 0 bridgehead atoms. The molecule has 1 aliphatic rings. The smallest absolute Gasteiger partial charge is 0.319 e. The highest BCUT2D eigenvalue weighted by molar-refractivity contribution is 7.18. The molecule has 0 aliphatic carbocycles. The number of carbonyl (C=O) groups is 1. The van der Waals surface area contributed by atoms with Crippen LogP contribution in [0.4, 0.5) is 10.5 Å². The normalized spacial score (nSPS) is 14.1. The number of anilines is 1. The molecule has 0 radical (unpaired) electrons. The fourth-order valence-electron chi connectivity index (χ4n) is 3.13. The van der Waals surface area contributed by atoms with Crippen LogP contribution in [0.3, 0.4) is 0 Å². The molecule has 1 aliphatic heterocycles. The molecule has 1 aromatic carbocycles. The first kappa shape index (κ1) is 16.0. The lowest BCUT2D eigenvalue weighted by atomic mass is 10.2. The summed E-state index contributed by atoms with van der Waals surface area (Å²) >= 11 is 1.62. The molecule has 2 aromatic heterocycles. The van der Waals surface area contributed by atoms with Crippen LogP contribution in [0.15, 0.2) is 18.2 Å². The minimum absolute atomic E-state index is 0.244. The van der Waals surface area contributed by atoms with E-state index in [1.165, 1.54) is 6.42 Å². The van der Waals surface area contributed by atoms with Crippen LogP contribution in [0.2, 0.25) is 0 Å². The van der Waals surface area contributed by atoms with Gasteiger partial charge in [0, 0.05) is 18.7 Å². The van der Waals surface area contributed by atoms with Crippen LogP contribution in [0.5, 0.6) is 0 Å². The van der Waals surface area contributed by atoms with Gasteiger partial charge in [-0.05, 0) is 38.0 Å². The van der Waals surface area contributed by atoms with Gasteiger partial charge in [0.05, 0.1) is 21.8 Å². The Morgan fingerprint density at radius 2 is 2.20 bits per heavy atom. The molecule has 8 heteroatoms. The van der Waals surface area contributed by atoms with Crippen molar-refractivity contribution in [2.45, 2.75) is 45.7 Å². The number of thiazole rings is 1. The molecule has 7 nitrogen and oxygen atoms in total. The molecule has 0 saturated carbocycles. The summed E-state index contributed by atoms with van der Waals surface area (Å²) in [4.78, 5) is 16.6. The number of benzene rings is 1. The van der Waals surface area contributed by atoms with E-state index >= 15 is 0 Å². The number of hydrogen-bond acceptors (Lipinski definition) is 5. The summed E-state index contributed by atoms with van der Waals surface area (Å²) in [6, 6.07) is 5.49. The summed E-state index contributed by atoms with van der Waals surface area (Å²) in [6.07, 6.45) is 4.48. The average molecular weight is 356 g/mol. The van der Waals surface area contributed by atoms with Crippen LogP contribution in [-0.4, -0.2) is 25.8 Å². The molecule has 0 saturated heterocycles. The van der Waals surface area contributed by atoms with Crippen LogP contribution in [0.25, 0.3) is 10.2 Å². The zero-order valence-electron chi connectivity index (χ0n) is 14.1. The lowest BCUT2D eigenvalue weighted by Crippen LogP contribution is -2.29. The van der Waals surface area contributed by atoms with Crippen LogP contribution in [-0.2, 0) is 19.5 Å². The third-order valence-electron chi connectivity index (χ3n) is 4.35. The number of amides is 2. The number of carbonyl (C=O) groups excluding carboxylic acids is 1. The molecule has 0 spiro atoms. The van der Waals surface area contributed by atoms with Gasteiger partial charge in [-0.1, -0.05) is 6.42 Å². The van der Waals surface area contributed by atoms with E-state index in [0.29, 0.717) is 6.54 Å². The number of nitrogens with zero attached hydrogens (tertiary/aromatic N) is 4. The lowest BCUT2D eigenvalue weighted by molar-refractivity contribution is 0.251. The highest BCUT2D eigenvalue weighted by Crippen LogP contribution is 2.24. The first-order valence-corrected chi connectivity index (χ1v) is 9.34. The van der Waals surface area contributed by atoms with Crippen molar-refractivity contribution in [3.63, 3.8) is 0 Å². The first-order chi connectivity index (χ1) is 12.2. The Morgan fingerprint density at radius 3 is 3.12 bits per heavy atom. The average Bonchev–Trinajstić information content (AvgIpc) is 3.06. The molecular formula is C17H20N6OS. The molecule has 3 heterocycles. The number of urea groups is 1. The van der Waals surface area contributed by atoms with Gasteiger partial charge in [-0.2, -0.15) is 0 Å². The maximum Gasteiger partial charge on any atom is 0.319 e. The number of nitrogens with one attached hydrogen (secondary N) is 2. The minimum atomic E-state index is -0.244. The van der Waals surface area contributed by atoms with Gasteiger partial charge in [0.25, 0.3) is 0 Å². The summed E-state index contributed by atoms with van der Waals surface area (Å²) < 4.78 is 3.21. The standard InChI is InChI=1S/C17H20N6OS/c1-11-19-13-7-6-12(9-14(13)25-11)20-17(24)18-10-16-22-21-15-5-3-2-4-8-23(15)16/h6-7,9H,2-5,8,10H2,1H3,(H2,18,20,24). The third-order valence-corrected chi connectivity index (χ3v) is 5.28. The van der Waals surface area contributed by atoms with Gasteiger partial charge in [0.15, 0.2) is 5.82 Å². The van der Waals surface area contributed by atoms with E-state index in [0.717, 1.165) is 58.4 Å². The van der Waals surface area contributed by atoms with Crippen molar-refractivity contribution in [1.82, 2.24) is 25.1 Å². The largest absolute Gasteiger partial charge is 0.331 e. The van der Waals surface area contributed by atoms with Gasteiger partial charge in [-0.15, -0.1) is 21.5 Å². The summed E-state index contributed by atoms with van der Waals surface area (Å²) in [5.74, 6) is 1.85. The van der Waals surface area contributed by atoms with Crippen molar-refractivity contribution < 1.29 is 4.79 Å². The Hall–Kier alpha value is -2.48. The second kappa shape index (κ2) is 6.79.